The fourth-order valence-electron chi connectivity index (χ4n) is 2.52. The highest BCUT2D eigenvalue weighted by molar-refractivity contribution is 6.33. The fourth-order valence-corrected chi connectivity index (χ4v) is 2.78. The van der Waals surface area contributed by atoms with E-state index in [4.69, 9.17) is 11.6 Å². The van der Waals surface area contributed by atoms with E-state index in [0.29, 0.717) is 0 Å². The monoisotopic (exact) mass is 295 g/mol. The Kier molecular flexibility index (Phi) is 9.57. The molecule has 0 fully saturated rings. The molecule has 1 rings (SSSR count). The second-order valence-electron chi connectivity index (χ2n) is 5.56. The Morgan fingerprint density at radius 3 is 1.85 bits per heavy atom. The molecule has 1 aromatic carbocycles. The number of hydrogen-bond donors (Lipinski definition) is 0. The molecule has 0 aromatic heterocycles. The number of hydrogen-bond acceptors (Lipinski definition) is 1. The van der Waals surface area contributed by atoms with Crippen LogP contribution < -0.4 is 4.90 Å². The predicted octanol–water partition coefficient (Wildman–Crippen LogP) is 6.31. The molecule has 0 amide bonds. The van der Waals surface area contributed by atoms with Gasteiger partial charge in [-0.05, 0) is 25.0 Å². The minimum absolute atomic E-state index is 0.887. The highest BCUT2D eigenvalue weighted by Crippen LogP contribution is 2.26. The van der Waals surface area contributed by atoms with Crippen LogP contribution in [0.4, 0.5) is 5.69 Å². The highest BCUT2D eigenvalue weighted by Gasteiger charge is 2.09. The second kappa shape index (κ2) is 11.0. The first-order valence-electron chi connectivity index (χ1n) is 8.29. The number of nitrogens with zero attached hydrogens (tertiary/aromatic N) is 1. The van der Waals surface area contributed by atoms with Gasteiger partial charge in [0, 0.05) is 13.1 Å². The summed E-state index contributed by atoms with van der Waals surface area (Å²) in [7, 11) is 0. The summed E-state index contributed by atoms with van der Waals surface area (Å²) < 4.78 is 0. The van der Waals surface area contributed by atoms with E-state index < -0.39 is 0 Å². The van der Waals surface area contributed by atoms with Crippen LogP contribution in [-0.4, -0.2) is 13.1 Å². The standard InChI is InChI=1S/C18H30ClN/c1-3-5-7-11-15-20(16-12-8-6-4-2)18-14-10-9-13-17(18)19/h9-10,13-14H,3-8,11-12,15-16H2,1-2H3. The Morgan fingerprint density at radius 2 is 1.35 bits per heavy atom. The van der Waals surface area contributed by atoms with E-state index in [9.17, 15) is 0 Å². The maximum Gasteiger partial charge on any atom is 0.0639 e. The first kappa shape index (κ1) is 17.4. The number of unbranched alkanes of at least 4 members (excludes halogenated alkanes) is 6. The number of benzene rings is 1. The molecule has 0 N–H and O–H groups in total. The molecule has 0 aliphatic rings. The van der Waals surface area contributed by atoms with Gasteiger partial charge in [0.1, 0.15) is 0 Å². The van der Waals surface area contributed by atoms with Crippen LogP contribution in [0, 0.1) is 0 Å². The van der Waals surface area contributed by atoms with Crippen LogP contribution in [0.5, 0.6) is 0 Å². The third-order valence-corrected chi connectivity index (χ3v) is 4.08. The molecule has 0 unspecified atom stereocenters. The van der Waals surface area contributed by atoms with E-state index in [2.05, 4.69) is 30.9 Å². The second-order valence-corrected chi connectivity index (χ2v) is 5.97. The van der Waals surface area contributed by atoms with Gasteiger partial charge >= 0.3 is 0 Å². The summed E-state index contributed by atoms with van der Waals surface area (Å²) in [4.78, 5) is 2.48. The van der Waals surface area contributed by atoms with E-state index in [0.717, 1.165) is 18.1 Å². The SMILES string of the molecule is CCCCCCN(CCCCCC)c1ccccc1Cl. The van der Waals surface area contributed by atoms with E-state index >= 15 is 0 Å². The van der Waals surface area contributed by atoms with Crippen molar-refractivity contribution in [2.75, 3.05) is 18.0 Å². The molecule has 0 aliphatic carbocycles. The Labute approximate surface area is 130 Å². The lowest BCUT2D eigenvalue weighted by Gasteiger charge is -2.26. The molecule has 1 aromatic rings. The van der Waals surface area contributed by atoms with Gasteiger partial charge in [-0.25, -0.2) is 0 Å². The number of anilines is 1. The minimum atomic E-state index is 0.887. The van der Waals surface area contributed by atoms with Crippen LogP contribution >= 0.6 is 11.6 Å². The van der Waals surface area contributed by atoms with Crippen LogP contribution in [0.2, 0.25) is 5.02 Å². The average molecular weight is 296 g/mol. The van der Waals surface area contributed by atoms with Crippen molar-refractivity contribution in [3.05, 3.63) is 29.3 Å². The summed E-state index contributed by atoms with van der Waals surface area (Å²) in [5.74, 6) is 0. The fraction of sp³-hybridized carbons (Fsp3) is 0.667. The van der Waals surface area contributed by atoms with Crippen molar-refractivity contribution in [1.82, 2.24) is 0 Å². The highest BCUT2D eigenvalue weighted by atomic mass is 35.5. The van der Waals surface area contributed by atoms with Gasteiger partial charge in [0.15, 0.2) is 0 Å². The zero-order valence-corrected chi connectivity index (χ0v) is 14.0. The molecule has 0 radical (unpaired) electrons. The van der Waals surface area contributed by atoms with Crippen LogP contribution in [0.25, 0.3) is 0 Å². The van der Waals surface area contributed by atoms with Crippen molar-refractivity contribution < 1.29 is 0 Å². The summed E-state index contributed by atoms with van der Waals surface area (Å²) in [6.45, 7) is 6.79. The molecule has 114 valence electrons. The first-order chi connectivity index (χ1) is 9.79. The maximum atomic E-state index is 6.36. The smallest absolute Gasteiger partial charge is 0.0639 e. The van der Waals surface area contributed by atoms with Gasteiger partial charge < -0.3 is 4.90 Å². The largest absolute Gasteiger partial charge is 0.370 e. The quantitative estimate of drug-likeness (QED) is 0.433. The lowest BCUT2D eigenvalue weighted by Crippen LogP contribution is -2.26. The predicted molar refractivity (Wildman–Crippen MR) is 91.9 cm³/mol. The van der Waals surface area contributed by atoms with Crippen LogP contribution in [0.3, 0.4) is 0 Å². The molecular weight excluding hydrogens is 266 g/mol. The zero-order valence-electron chi connectivity index (χ0n) is 13.2. The first-order valence-corrected chi connectivity index (χ1v) is 8.66. The van der Waals surface area contributed by atoms with Crippen molar-refractivity contribution in [3.63, 3.8) is 0 Å². The summed E-state index contributed by atoms with van der Waals surface area (Å²) in [6.07, 6.45) is 10.5. The lowest BCUT2D eigenvalue weighted by atomic mass is 10.1. The molecular formula is C18H30ClN. The molecule has 0 bridgehead atoms. The Bertz CT molecular complexity index is 339. The minimum Gasteiger partial charge on any atom is -0.370 e. The maximum absolute atomic E-state index is 6.36. The van der Waals surface area contributed by atoms with Crippen molar-refractivity contribution in [1.29, 1.82) is 0 Å². The molecule has 0 saturated heterocycles. The average Bonchev–Trinajstić information content (AvgIpc) is 2.46. The summed E-state index contributed by atoms with van der Waals surface area (Å²) >= 11 is 6.36. The van der Waals surface area contributed by atoms with Crippen LogP contribution in [-0.2, 0) is 0 Å². The van der Waals surface area contributed by atoms with Crippen LogP contribution in [0.15, 0.2) is 24.3 Å². The zero-order chi connectivity index (χ0) is 14.6. The summed E-state index contributed by atoms with van der Waals surface area (Å²) in [5.41, 5.74) is 1.21. The van der Waals surface area contributed by atoms with Gasteiger partial charge in [-0.1, -0.05) is 76.1 Å². The molecule has 0 atom stereocenters. The topological polar surface area (TPSA) is 3.24 Å². The lowest BCUT2D eigenvalue weighted by molar-refractivity contribution is 0.609. The van der Waals surface area contributed by atoms with Gasteiger partial charge in [0.05, 0.1) is 10.7 Å². The van der Waals surface area contributed by atoms with Crippen molar-refractivity contribution in [2.45, 2.75) is 65.2 Å². The van der Waals surface area contributed by atoms with Crippen molar-refractivity contribution in [3.8, 4) is 0 Å². The Morgan fingerprint density at radius 1 is 0.800 bits per heavy atom. The van der Waals surface area contributed by atoms with Gasteiger partial charge in [-0.2, -0.15) is 0 Å². The molecule has 0 aliphatic heterocycles. The normalized spacial score (nSPS) is 10.8. The van der Waals surface area contributed by atoms with Crippen molar-refractivity contribution >= 4 is 17.3 Å². The molecule has 1 nitrogen and oxygen atoms in total. The van der Waals surface area contributed by atoms with E-state index in [1.54, 1.807) is 0 Å². The number of para-hydroxylation sites is 1. The summed E-state index contributed by atoms with van der Waals surface area (Å²) in [6, 6.07) is 8.26. The van der Waals surface area contributed by atoms with Gasteiger partial charge in [-0.3, -0.25) is 0 Å². The molecule has 0 saturated carbocycles. The van der Waals surface area contributed by atoms with E-state index in [1.807, 2.05) is 12.1 Å². The van der Waals surface area contributed by atoms with E-state index in [1.165, 1.54) is 57.1 Å². The number of rotatable bonds is 11. The third-order valence-electron chi connectivity index (χ3n) is 3.76. The Hall–Kier alpha value is -0.690. The van der Waals surface area contributed by atoms with Crippen molar-refractivity contribution in [2.24, 2.45) is 0 Å². The van der Waals surface area contributed by atoms with Gasteiger partial charge in [0.2, 0.25) is 0 Å². The molecule has 0 spiro atoms. The molecule has 20 heavy (non-hydrogen) atoms. The number of halogens is 1. The van der Waals surface area contributed by atoms with Gasteiger partial charge in [-0.15, -0.1) is 0 Å². The molecule has 0 heterocycles. The third kappa shape index (κ3) is 6.65. The molecule has 2 heteroatoms. The van der Waals surface area contributed by atoms with Gasteiger partial charge in [0.25, 0.3) is 0 Å². The Balaban J connectivity index is 2.52. The van der Waals surface area contributed by atoms with Crippen LogP contribution in [0.1, 0.15) is 65.2 Å². The summed E-state index contributed by atoms with van der Waals surface area (Å²) in [5, 5.41) is 0.887. The van der Waals surface area contributed by atoms with E-state index in [-0.39, 0.29) is 0 Å².